The summed E-state index contributed by atoms with van der Waals surface area (Å²) < 4.78 is 1.97. The van der Waals surface area contributed by atoms with Gasteiger partial charge in [0.15, 0.2) is 0 Å². The molecule has 0 saturated carbocycles. The van der Waals surface area contributed by atoms with E-state index in [2.05, 4.69) is 68.7 Å². The Kier molecular flexibility index (Phi) is 4.81. The second-order valence-corrected chi connectivity index (χ2v) is 7.03. The summed E-state index contributed by atoms with van der Waals surface area (Å²) in [7, 11) is 0. The molecular weight excluding hydrogens is 510 g/mol. The number of benzene rings is 1. The Hall–Kier alpha value is -0.240. The van der Waals surface area contributed by atoms with E-state index in [1.807, 2.05) is 0 Å². The minimum Gasteiger partial charge on any atom is -0.506 e. The molecule has 0 unspecified atom stereocenters. The summed E-state index contributed by atoms with van der Waals surface area (Å²) in [6.07, 6.45) is 3.28. The molecule has 1 aliphatic carbocycles. The number of halogens is 4. The number of carbonyl (C=O) groups excluding carboxylic acids is 1. The highest BCUT2D eigenvalue weighted by molar-refractivity contribution is 9.13. The molecule has 0 atom stereocenters. The fraction of sp³-hybridized carbons (Fsp3) is 0. The van der Waals surface area contributed by atoms with E-state index in [0.717, 1.165) is 0 Å². The first-order valence-corrected chi connectivity index (χ1v) is 8.11. The second-order valence-electron chi connectivity index (χ2n) is 3.61. The Bertz CT molecular complexity index is 615. The quantitative estimate of drug-likeness (QED) is 0.528. The summed E-state index contributed by atoms with van der Waals surface area (Å²) in [4.78, 5) is 15.9. The van der Waals surface area contributed by atoms with Gasteiger partial charge in [-0.1, -0.05) is 0 Å². The average molecular weight is 515 g/mol. The minimum atomic E-state index is -0.119. The molecule has 0 saturated heterocycles. The first kappa shape index (κ1) is 15.2. The second kappa shape index (κ2) is 6.03. The van der Waals surface area contributed by atoms with E-state index in [0.29, 0.717) is 29.3 Å². The summed E-state index contributed by atoms with van der Waals surface area (Å²) in [5, 5.41) is 9.63. The largest absolute Gasteiger partial charge is 0.506 e. The molecule has 1 aromatic carbocycles. The summed E-state index contributed by atoms with van der Waals surface area (Å²) in [6, 6.07) is 3.38. The van der Waals surface area contributed by atoms with E-state index in [-0.39, 0.29) is 11.5 Å². The highest BCUT2D eigenvalue weighted by atomic mass is 79.9. The molecule has 1 aliphatic rings. The molecule has 2 rings (SSSR count). The van der Waals surface area contributed by atoms with Crippen molar-refractivity contribution in [3.63, 3.8) is 0 Å². The molecule has 0 bridgehead atoms. The predicted molar refractivity (Wildman–Crippen MR) is 89.6 cm³/mol. The Balaban J connectivity index is 2.45. The third-order valence-corrected chi connectivity index (χ3v) is 4.63. The van der Waals surface area contributed by atoms with Crippen LogP contribution in [0.15, 0.2) is 47.2 Å². The van der Waals surface area contributed by atoms with Gasteiger partial charge in [-0.25, -0.2) is 4.99 Å². The molecule has 0 fully saturated rings. The third kappa shape index (κ3) is 3.45. The molecule has 1 aromatic rings. The zero-order valence-electron chi connectivity index (χ0n) is 9.12. The lowest BCUT2D eigenvalue weighted by Gasteiger charge is -2.07. The molecule has 3 nitrogen and oxygen atoms in total. The number of hydrogen-bond donors (Lipinski definition) is 1. The molecule has 0 heterocycles. The van der Waals surface area contributed by atoms with Gasteiger partial charge in [0.05, 0.1) is 29.3 Å². The summed E-state index contributed by atoms with van der Waals surface area (Å²) >= 11 is 12.9. The van der Waals surface area contributed by atoms with Crippen molar-refractivity contribution in [3.8, 4) is 5.75 Å². The summed E-state index contributed by atoms with van der Waals surface area (Å²) in [5.41, 5.74) is 1.27. The van der Waals surface area contributed by atoms with Crippen LogP contribution in [0, 0.1) is 0 Å². The number of ketones is 1. The maximum absolute atomic E-state index is 11.5. The number of phenols is 1. The number of rotatable bonds is 1. The Morgan fingerprint density at radius 3 is 1.89 bits per heavy atom. The zero-order valence-corrected chi connectivity index (χ0v) is 15.5. The van der Waals surface area contributed by atoms with Crippen molar-refractivity contribution >= 4 is 80.9 Å². The van der Waals surface area contributed by atoms with Crippen LogP contribution in [0.25, 0.3) is 0 Å². The van der Waals surface area contributed by atoms with Crippen LogP contribution >= 0.6 is 63.7 Å². The summed E-state index contributed by atoms with van der Waals surface area (Å²) in [6.45, 7) is 0. The normalized spacial score (nSPS) is 15.2. The molecule has 7 heteroatoms. The van der Waals surface area contributed by atoms with Crippen LogP contribution in [-0.4, -0.2) is 16.6 Å². The van der Waals surface area contributed by atoms with Gasteiger partial charge in [0.25, 0.3) is 0 Å². The van der Waals surface area contributed by atoms with Crippen molar-refractivity contribution in [1.82, 2.24) is 0 Å². The first-order chi connectivity index (χ1) is 8.88. The smallest absolute Gasteiger partial charge is 0.207 e. The van der Waals surface area contributed by atoms with Crippen LogP contribution in [0.4, 0.5) is 5.69 Å². The third-order valence-electron chi connectivity index (χ3n) is 2.24. The Labute approximate surface area is 143 Å². The zero-order chi connectivity index (χ0) is 14.2. The lowest BCUT2D eigenvalue weighted by atomic mass is 10.1. The number of nitrogens with zero attached hydrogens (tertiary/aromatic N) is 1. The number of allylic oxidation sites excluding steroid dienone is 4. The number of Topliss-reactive ketones (excluding diaryl/α,β-unsaturated/α-hetero) is 1. The van der Waals surface area contributed by atoms with Gasteiger partial charge in [-0.3, -0.25) is 4.79 Å². The molecule has 19 heavy (non-hydrogen) atoms. The lowest BCUT2D eigenvalue weighted by molar-refractivity contribution is -0.110. The van der Waals surface area contributed by atoms with E-state index in [9.17, 15) is 9.90 Å². The van der Waals surface area contributed by atoms with Crippen LogP contribution in [-0.2, 0) is 4.79 Å². The van der Waals surface area contributed by atoms with Crippen LogP contribution in [0.3, 0.4) is 0 Å². The van der Waals surface area contributed by atoms with Gasteiger partial charge >= 0.3 is 0 Å². The standard InChI is InChI=1S/C12H5Br4NO2/c13-7-1-5(2-8(14)11(7)18)17-6-3-9(15)12(19)10(16)4-6/h1-4,18H. The minimum absolute atomic E-state index is 0.119. The summed E-state index contributed by atoms with van der Waals surface area (Å²) in [5.74, 6) is 0.00299. The van der Waals surface area contributed by atoms with Crippen LogP contribution in [0.2, 0.25) is 0 Å². The van der Waals surface area contributed by atoms with Crippen molar-refractivity contribution < 1.29 is 9.90 Å². The van der Waals surface area contributed by atoms with Gasteiger partial charge in [0.1, 0.15) is 5.75 Å². The molecule has 0 radical (unpaired) electrons. The van der Waals surface area contributed by atoms with Crippen molar-refractivity contribution in [1.29, 1.82) is 0 Å². The highest BCUT2D eigenvalue weighted by Crippen LogP contribution is 2.36. The first-order valence-electron chi connectivity index (χ1n) is 4.94. The van der Waals surface area contributed by atoms with Gasteiger partial charge in [-0.05, 0) is 88.0 Å². The molecule has 0 spiro atoms. The van der Waals surface area contributed by atoms with E-state index in [4.69, 9.17) is 0 Å². The van der Waals surface area contributed by atoms with Crippen molar-refractivity contribution in [2.75, 3.05) is 0 Å². The number of carbonyl (C=O) groups is 1. The van der Waals surface area contributed by atoms with Crippen molar-refractivity contribution in [2.24, 2.45) is 4.99 Å². The van der Waals surface area contributed by atoms with Crippen LogP contribution < -0.4 is 0 Å². The monoisotopic (exact) mass is 511 g/mol. The van der Waals surface area contributed by atoms with Gasteiger partial charge in [0.2, 0.25) is 5.78 Å². The van der Waals surface area contributed by atoms with E-state index in [1.165, 1.54) is 0 Å². The topological polar surface area (TPSA) is 49.7 Å². The van der Waals surface area contributed by atoms with Gasteiger partial charge in [0, 0.05) is 0 Å². The number of aliphatic imine (C=N–C) groups is 1. The van der Waals surface area contributed by atoms with E-state index < -0.39 is 0 Å². The van der Waals surface area contributed by atoms with E-state index >= 15 is 0 Å². The lowest BCUT2D eigenvalue weighted by Crippen LogP contribution is -2.07. The van der Waals surface area contributed by atoms with Gasteiger partial charge in [-0.2, -0.15) is 0 Å². The van der Waals surface area contributed by atoms with Crippen molar-refractivity contribution in [2.45, 2.75) is 0 Å². The molecular formula is C12H5Br4NO2. The van der Waals surface area contributed by atoms with Gasteiger partial charge < -0.3 is 5.11 Å². The molecule has 1 N–H and O–H groups in total. The van der Waals surface area contributed by atoms with Crippen LogP contribution in [0.5, 0.6) is 5.75 Å². The Morgan fingerprint density at radius 2 is 1.42 bits per heavy atom. The number of aromatic hydroxyl groups is 1. The fourth-order valence-electron chi connectivity index (χ4n) is 1.38. The number of hydrogen-bond acceptors (Lipinski definition) is 3. The predicted octanol–water partition coefficient (Wildman–Crippen LogP) is 5.13. The maximum atomic E-state index is 11.5. The van der Waals surface area contributed by atoms with Crippen LogP contribution in [0.1, 0.15) is 0 Å². The molecule has 0 aliphatic heterocycles. The van der Waals surface area contributed by atoms with Gasteiger partial charge in [-0.15, -0.1) is 0 Å². The van der Waals surface area contributed by atoms with E-state index in [1.54, 1.807) is 24.3 Å². The fourth-order valence-corrected chi connectivity index (χ4v) is 3.70. The maximum Gasteiger partial charge on any atom is 0.207 e. The molecule has 0 aromatic heterocycles. The highest BCUT2D eigenvalue weighted by Gasteiger charge is 2.16. The van der Waals surface area contributed by atoms with Crippen molar-refractivity contribution in [3.05, 3.63) is 42.2 Å². The SMILES string of the molecule is O=C1C(Br)=CC(=Nc2cc(Br)c(O)c(Br)c2)C=C1Br. The number of phenolic OH excluding ortho intramolecular Hbond substituents is 1. The molecule has 98 valence electrons. The average Bonchev–Trinajstić information content (AvgIpc) is 2.33. The molecule has 0 amide bonds. The Morgan fingerprint density at radius 1 is 0.947 bits per heavy atom.